The molecule has 0 bridgehead atoms. The topological polar surface area (TPSA) is 65.4 Å². The molecule has 4 rings (SSSR count). The Balaban J connectivity index is 1.66. The molecule has 2 N–H and O–H groups in total. The molecule has 0 atom stereocenters. The molecule has 0 fully saturated rings. The zero-order valence-electron chi connectivity index (χ0n) is 12.6. The first-order valence-electron chi connectivity index (χ1n) is 7.32. The number of ether oxygens (including phenoxy) is 1. The number of nitrogens with two attached hydrogens (primary N) is 1. The number of aromatic nitrogens is 3. The number of rotatable bonds is 3. The second-order valence-corrected chi connectivity index (χ2v) is 5.25. The van der Waals surface area contributed by atoms with Crippen LogP contribution in [0.4, 0.5) is 10.2 Å². The lowest BCUT2D eigenvalue weighted by molar-refractivity contribution is 0.477. The van der Waals surface area contributed by atoms with Gasteiger partial charge in [-0.15, -0.1) is 0 Å². The fourth-order valence-electron chi connectivity index (χ4n) is 2.53. The van der Waals surface area contributed by atoms with Crippen LogP contribution in [0, 0.1) is 5.82 Å². The van der Waals surface area contributed by atoms with Gasteiger partial charge in [-0.05, 0) is 36.4 Å². The Labute approximate surface area is 137 Å². The van der Waals surface area contributed by atoms with Crippen molar-refractivity contribution in [1.82, 2.24) is 14.4 Å². The summed E-state index contributed by atoms with van der Waals surface area (Å²) in [5, 5.41) is 0. The van der Waals surface area contributed by atoms with Gasteiger partial charge in [0.1, 0.15) is 35.0 Å². The lowest BCUT2D eigenvalue weighted by atomic mass is 10.1. The summed E-state index contributed by atoms with van der Waals surface area (Å²) in [4.78, 5) is 8.51. The number of benzene rings is 2. The van der Waals surface area contributed by atoms with E-state index in [1.54, 1.807) is 43.0 Å². The molecule has 0 aliphatic carbocycles. The van der Waals surface area contributed by atoms with Gasteiger partial charge in [-0.1, -0.05) is 6.07 Å². The number of hydrogen-bond acceptors (Lipinski definition) is 4. The van der Waals surface area contributed by atoms with Crippen molar-refractivity contribution in [2.24, 2.45) is 0 Å². The van der Waals surface area contributed by atoms with Crippen molar-refractivity contribution in [2.75, 3.05) is 5.73 Å². The Morgan fingerprint density at radius 1 is 1.00 bits per heavy atom. The van der Waals surface area contributed by atoms with E-state index in [0.29, 0.717) is 17.3 Å². The summed E-state index contributed by atoms with van der Waals surface area (Å²) in [5.74, 6) is 1.14. The molecule has 0 radical (unpaired) electrons. The molecule has 24 heavy (non-hydrogen) atoms. The Morgan fingerprint density at radius 3 is 2.62 bits per heavy atom. The van der Waals surface area contributed by atoms with Crippen LogP contribution in [0.25, 0.3) is 16.8 Å². The zero-order valence-corrected chi connectivity index (χ0v) is 12.6. The Morgan fingerprint density at radius 2 is 1.83 bits per heavy atom. The lowest BCUT2D eigenvalue weighted by Gasteiger charge is -2.07. The van der Waals surface area contributed by atoms with Crippen LogP contribution in [0.15, 0.2) is 67.3 Å². The van der Waals surface area contributed by atoms with Gasteiger partial charge in [0.05, 0.1) is 5.69 Å². The molecule has 2 aromatic heterocycles. The number of anilines is 1. The van der Waals surface area contributed by atoms with Crippen molar-refractivity contribution in [2.45, 2.75) is 0 Å². The monoisotopic (exact) mass is 320 g/mol. The van der Waals surface area contributed by atoms with E-state index in [1.807, 2.05) is 16.5 Å². The summed E-state index contributed by atoms with van der Waals surface area (Å²) < 4.78 is 20.7. The highest BCUT2D eigenvalue weighted by atomic mass is 19.1. The number of nitrogen functional groups attached to an aromatic ring is 1. The molecule has 118 valence electrons. The van der Waals surface area contributed by atoms with Crippen LogP contribution >= 0.6 is 0 Å². The van der Waals surface area contributed by atoms with Gasteiger partial charge in [0.25, 0.3) is 0 Å². The standard InChI is InChI=1S/C18H13FN4O/c19-13-2-1-3-15(10-13)24-14-6-4-12(5-7-14)16-17-18(20)21-8-9-23(17)11-22-16/h1-11H,(H2,20,21). The smallest absolute Gasteiger partial charge is 0.150 e. The van der Waals surface area contributed by atoms with E-state index in [2.05, 4.69) is 9.97 Å². The average molecular weight is 320 g/mol. The Kier molecular flexibility index (Phi) is 3.35. The van der Waals surface area contributed by atoms with Crippen LogP contribution in [0.5, 0.6) is 11.5 Å². The van der Waals surface area contributed by atoms with Gasteiger partial charge in [-0.25, -0.2) is 14.4 Å². The number of halogens is 1. The molecule has 0 saturated carbocycles. The van der Waals surface area contributed by atoms with Crippen molar-refractivity contribution >= 4 is 11.3 Å². The van der Waals surface area contributed by atoms with Gasteiger partial charge in [-0.2, -0.15) is 0 Å². The Bertz CT molecular complexity index is 1010. The van der Waals surface area contributed by atoms with Crippen molar-refractivity contribution < 1.29 is 9.13 Å². The third-order valence-electron chi connectivity index (χ3n) is 3.64. The maximum atomic E-state index is 13.2. The molecule has 0 aliphatic rings. The summed E-state index contributed by atoms with van der Waals surface area (Å²) in [6.07, 6.45) is 5.12. The van der Waals surface area contributed by atoms with E-state index >= 15 is 0 Å². The van der Waals surface area contributed by atoms with Gasteiger partial charge in [0.2, 0.25) is 0 Å². The zero-order chi connectivity index (χ0) is 16.5. The summed E-state index contributed by atoms with van der Waals surface area (Å²) >= 11 is 0. The molecule has 6 heteroatoms. The minimum absolute atomic E-state index is 0.337. The normalized spacial score (nSPS) is 10.9. The second kappa shape index (κ2) is 5.66. The fraction of sp³-hybridized carbons (Fsp3) is 0. The summed E-state index contributed by atoms with van der Waals surface area (Å²) in [7, 11) is 0. The number of nitrogens with zero attached hydrogens (tertiary/aromatic N) is 3. The summed E-state index contributed by atoms with van der Waals surface area (Å²) in [6.45, 7) is 0. The van der Waals surface area contributed by atoms with Crippen LogP contribution in [0.2, 0.25) is 0 Å². The first-order chi connectivity index (χ1) is 11.7. The largest absolute Gasteiger partial charge is 0.457 e. The van der Waals surface area contributed by atoms with Crippen molar-refractivity contribution in [3.63, 3.8) is 0 Å². The van der Waals surface area contributed by atoms with Crippen LogP contribution in [0.1, 0.15) is 0 Å². The van der Waals surface area contributed by atoms with Crippen molar-refractivity contribution in [3.05, 3.63) is 73.1 Å². The summed E-state index contributed by atoms with van der Waals surface area (Å²) in [5.41, 5.74) is 8.35. The molecule has 0 unspecified atom stereocenters. The fourth-order valence-corrected chi connectivity index (χ4v) is 2.53. The van der Waals surface area contributed by atoms with Crippen molar-refractivity contribution in [1.29, 1.82) is 0 Å². The Hall–Kier alpha value is -3.41. The molecular weight excluding hydrogens is 307 g/mol. The summed E-state index contributed by atoms with van der Waals surface area (Å²) in [6, 6.07) is 13.4. The number of imidazole rings is 1. The molecule has 5 nitrogen and oxygen atoms in total. The lowest BCUT2D eigenvalue weighted by Crippen LogP contribution is -1.95. The molecule has 4 aromatic rings. The van der Waals surface area contributed by atoms with Crippen LogP contribution in [0.3, 0.4) is 0 Å². The average Bonchev–Trinajstić information content (AvgIpc) is 3.01. The third-order valence-corrected chi connectivity index (χ3v) is 3.64. The minimum atomic E-state index is -0.337. The SMILES string of the molecule is Nc1nccn2cnc(-c3ccc(Oc4cccc(F)c4)cc3)c12. The molecule has 2 heterocycles. The van der Waals surface area contributed by atoms with Gasteiger partial charge >= 0.3 is 0 Å². The van der Waals surface area contributed by atoms with E-state index in [4.69, 9.17) is 10.5 Å². The first kappa shape index (κ1) is 14.2. The highest BCUT2D eigenvalue weighted by Gasteiger charge is 2.10. The molecule has 0 amide bonds. The molecule has 2 aromatic carbocycles. The predicted molar refractivity (Wildman–Crippen MR) is 89.3 cm³/mol. The van der Waals surface area contributed by atoms with Gasteiger partial charge in [0.15, 0.2) is 0 Å². The van der Waals surface area contributed by atoms with E-state index in [0.717, 1.165) is 16.8 Å². The molecule has 0 aliphatic heterocycles. The highest BCUT2D eigenvalue weighted by molar-refractivity contribution is 5.84. The van der Waals surface area contributed by atoms with Crippen LogP contribution < -0.4 is 10.5 Å². The number of hydrogen-bond donors (Lipinski definition) is 1. The molecule has 0 spiro atoms. The molecular formula is C18H13FN4O. The quantitative estimate of drug-likeness (QED) is 0.621. The van der Waals surface area contributed by atoms with E-state index in [-0.39, 0.29) is 5.82 Å². The van der Waals surface area contributed by atoms with E-state index in [1.165, 1.54) is 12.1 Å². The minimum Gasteiger partial charge on any atom is -0.457 e. The van der Waals surface area contributed by atoms with Gasteiger partial charge < -0.3 is 14.9 Å². The van der Waals surface area contributed by atoms with Gasteiger partial charge in [-0.3, -0.25) is 0 Å². The van der Waals surface area contributed by atoms with Gasteiger partial charge in [0, 0.05) is 24.0 Å². The molecule has 0 saturated heterocycles. The first-order valence-corrected chi connectivity index (χ1v) is 7.32. The third kappa shape index (κ3) is 2.54. The number of fused-ring (bicyclic) bond motifs is 1. The maximum absolute atomic E-state index is 13.2. The maximum Gasteiger partial charge on any atom is 0.150 e. The van der Waals surface area contributed by atoms with Crippen LogP contribution in [-0.4, -0.2) is 14.4 Å². The van der Waals surface area contributed by atoms with Crippen LogP contribution in [-0.2, 0) is 0 Å². The van der Waals surface area contributed by atoms with E-state index < -0.39 is 0 Å². The highest BCUT2D eigenvalue weighted by Crippen LogP contribution is 2.29. The second-order valence-electron chi connectivity index (χ2n) is 5.25. The van der Waals surface area contributed by atoms with Crippen molar-refractivity contribution in [3.8, 4) is 22.8 Å². The van der Waals surface area contributed by atoms with E-state index in [9.17, 15) is 4.39 Å². The predicted octanol–water partition coefficient (Wildman–Crippen LogP) is 3.91.